The predicted octanol–water partition coefficient (Wildman–Crippen LogP) is 4.43. The maximum atomic E-state index is 12.3. The third kappa shape index (κ3) is 6.04. The van der Waals surface area contributed by atoms with Crippen LogP contribution in [-0.2, 0) is 11.3 Å². The van der Waals surface area contributed by atoms with Crippen LogP contribution in [0.2, 0.25) is 0 Å². The highest BCUT2D eigenvalue weighted by Gasteiger charge is 2.22. The largest absolute Gasteiger partial charge is 0.477 e. The van der Waals surface area contributed by atoms with Gasteiger partial charge in [-0.15, -0.1) is 11.8 Å². The van der Waals surface area contributed by atoms with Crippen molar-refractivity contribution in [3.8, 4) is 5.88 Å². The van der Waals surface area contributed by atoms with Crippen LogP contribution in [-0.4, -0.2) is 22.7 Å². The standard InChI is InChI=1S/C19H21BrN2O2S/c1-13(25-17-7-5-16(20)6-8-17)19(23)22-11-15-4-9-18(21-10-15)24-12-14-2-3-14/h4-10,13-14H,2-3,11-12H2,1H3,(H,22,23). The molecule has 1 saturated carbocycles. The van der Waals surface area contributed by atoms with Crippen LogP contribution < -0.4 is 10.1 Å². The third-order valence-corrected chi connectivity index (χ3v) is 5.56. The van der Waals surface area contributed by atoms with Crippen molar-refractivity contribution in [2.45, 2.75) is 36.5 Å². The van der Waals surface area contributed by atoms with Gasteiger partial charge in [-0.3, -0.25) is 4.79 Å². The molecule has 1 N–H and O–H groups in total. The summed E-state index contributed by atoms with van der Waals surface area (Å²) in [5, 5.41) is 2.80. The van der Waals surface area contributed by atoms with Gasteiger partial charge in [0.05, 0.1) is 11.9 Å². The lowest BCUT2D eigenvalue weighted by Crippen LogP contribution is -2.30. The summed E-state index contributed by atoms with van der Waals surface area (Å²) < 4.78 is 6.65. The summed E-state index contributed by atoms with van der Waals surface area (Å²) in [5.74, 6) is 1.38. The van der Waals surface area contributed by atoms with E-state index in [2.05, 4.69) is 26.2 Å². The van der Waals surface area contributed by atoms with E-state index in [1.165, 1.54) is 12.8 Å². The molecule has 6 heteroatoms. The number of carbonyl (C=O) groups is 1. The number of nitrogens with one attached hydrogen (secondary N) is 1. The Hall–Kier alpha value is -1.53. The number of rotatable bonds is 8. The highest BCUT2D eigenvalue weighted by atomic mass is 79.9. The van der Waals surface area contributed by atoms with Crippen molar-refractivity contribution < 1.29 is 9.53 Å². The van der Waals surface area contributed by atoms with Crippen molar-refractivity contribution >= 4 is 33.6 Å². The first-order valence-electron chi connectivity index (χ1n) is 8.38. The van der Waals surface area contributed by atoms with Crippen molar-refractivity contribution in [1.29, 1.82) is 0 Å². The number of pyridine rings is 1. The third-order valence-electron chi connectivity index (χ3n) is 3.92. The number of amides is 1. The number of thioether (sulfide) groups is 1. The Balaban J connectivity index is 1.43. The van der Waals surface area contributed by atoms with E-state index in [1.54, 1.807) is 18.0 Å². The van der Waals surface area contributed by atoms with Crippen LogP contribution in [0.1, 0.15) is 25.3 Å². The van der Waals surface area contributed by atoms with Crippen LogP contribution in [0, 0.1) is 5.92 Å². The van der Waals surface area contributed by atoms with Crippen molar-refractivity contribution in [2.75, 3.05) is 6.61 Å². The molecule has 1 aromatic carbocycles. The molecule has 4 nitrogen and oxygen atoms in total. The molecule has 1 heterocycles. The van der Waals surface area contributed by atoms with Gasteiger partial charge in [0.2, 0.25) is 11.8 Å². The van der Waals surface area contributed by atoms with Gasteiger partial charge < -0.3 is 10.1 Å². The molecule has 1 aromatic heterocycles. The molecule has 25 heavy (non-hydrogen) atoms. The maximum absolute atomic E-state index is 12.3. The molecule has 132 valence electrons. The van der Waals surface area contributed by atoms with E-state index >= 15 is 0 Å². The van der Waals surface area contributed by atoms with E-state index in [-0.39, 0.29) is 11.2 Å². The molecule has 1 atom stereocenters. The quantitative estimate of drug-likeness (QED) is 0.641. The zero-order valence-corrected chi connectivity index (χ0v) is 16.5. The van der Waals surface area contributed by atoms with Crippen LogP contribution >= 0.6 is 27.7 Å². The Kier molecular flexibility index (Phi) is 6.37. The molecule has 0 aliphatic heterocycles. The minimum absolute atomic E-state index is 0.0157. The second-order valence-electron chi connectivity index (χ2n) is 6.19. The Morgan fingerprint density at radius 2 is 2.08 bits per heavy atom. The Labute approximate surface area is 160 Å². The summed E-state index contributed by atoms with van der Waals surface area (Å²) in [6.07, 6.45) is 4.29. The maximum Gasteiger partial charge on any atom is 0.233 e. The van der Waals surface area contributed by atoms with E-state index in [4.69, 9.17) is 4.74 Å². The van der Waals surface area contributed by atoms with E-state index in [0.717, 1.165) is 21.5 Å². The number of aromatic nitrogens is 1. The number of halogens is 1. The van der Waals surface area contributed by atoms with Crippen LogP contribution in [0.4, 0.5) is 0 Å². The predicted molar refractivity (Wildman–Crippen MR) is 104 cm³/mol. The summed E-state index contributed by atoms with van der Waals surface area (Å²) in [4.78, 5) is 17.6. The Bertz CT molecular complexity index is 702. The number of hydrogen-bond donors (Lipinski definition) is 1. The number of ether oxygens (including phenoxy) is 1. The van der Waals surface area contributed by atoms with Gasteiger partial charge in [-0.2, -0.15) is 0 Å². The molecule has 2 aromatic rings. The first kappa shape index (κ1) is 18.3. The fourth-order valence-electron chi connectivity index (χ4n) is 2.19. The van der Waals surface area contributed by atoms with Gasteiger partial charge in [-0.05, 0) is 55.5 Å². The van der Waals surface area contributed by atoms with Gasteiger partial charge in [0.1, 0.15) is 0 Å². The molecule has 1 aliphatic rings. The lowest BCUT2D eigenvalue weighted by molar-refractivity contribution is -0.120. The van der Waals surface area contributed by atoms with Gasteiger partial charge in [-0.25, -0.2) is 4.98 Å². The fourth-order valence-corrected chi connectivity index (χ4v) is 3.35. The topological polar surface area (TPSA) is 51.2 Å². The first-order valence-corrected chi connectivity index (χ1v) is 10.0. The summed E-state index contributed by atoms with van der Waals surface area (Å²) in [7, 11) is 0. The molecule has 1 unspecified atom stereocenters. The van der Waals surface area contributed by atoms with Crippen molar-refractivity contribution in [3.63, 3.8) is 0 Å². The number of benzene rings is 1. The van der Waals surface area contributed by atoms with Gasteiger partial charge in [0, 0.05) is 28.2 Å². The molecular formula is C19H21BrN2O2S. The van der Waals surface area contributed by atoms with E-state index < -0.39 is 0 Å². The minimum Gasteiger partial charge on any atom is -0.477 e. The second kappa shape index (κ2) is 8.72. The van der Waals surface area contributed by atoms with Crippen LogP contribution in [0.15, 0.2) is 52.0 Å². The molecule has 3 rings (SSSR count). The number of nitrogens with zero attached hydrogens (tertiary/aromatic N) is 1. The first-order chi connectivity index (χ1) is 12.1. The van der Waals surface area contributed by atoms with Gasteiger partial charge in [0.25, 0.3) is 0 Å². The molecule has 1 amide bonds. The van der Waals surface area contributed by atoms with E-state index in [0.29, 0.717) is 18.3 Å². The average molecular weight is 421 g/mol. The lowest BCUT2D eigenvalue weighted by atomic mass is 10.3. The molecule has 0 bridgehead atoms. The molecular weight excluding hydrogens is 400 g/mol. The summed E-state index contributed by atoms with van der Waals surface area (Å²) in [6.45, 7) is 3.14. The van der Waals surface area contributed by atoms with Gasteiger partial charge in [0.15, 0.2) is 0 Å². The van der Waals surface area contributed by atoms with Gasteiger partial charge >= 0.3 is 0 Å². The highest BCUT2D eigenvalue weighted by Crippen LogP contribution is 2.29. The average Bonchev–Trinajstić information content (AvgIpc) is 3.45. The minimum atomic E-state index is -0.157. The molecule has 1 aliphatic carbocycles. The fraction of sp³-hybridized carbons (Fsp3) is 0.368. The van der Waals surface area contributed by atoms with Crippen molar-refractivity contribution in [1.82, 2.24) is 10.3 Å². The smallest absolute Gasteiger partial charge is 0.233 e. The highest BCUT2D eigenvalue weighted by molar-refractivity contribution is 9.10. The second-order valence-corrected chi connectivity index (χ2v) is 8.52. The summed E-state index contributed by atoms with van der Waals surface area (Å²) in [6, 6.07) is 11.8. The number of carbonyl (C=O) groups excluding carboxylic acids is 1. The zero-order valence-electron chi connectivity index (χ0n) is 14.1. The van der Waals surface area contributed by atoms with Crippen LogP contribution in [0.5, 0.6) is 5.88 Å². The van der Waals surface area contributed by atoms with Crippen LogP contribution in [0.25, 0.3) is 0 Å². The summed E-state index contributed by atoms with van der Waals surface area (Å²) in [5.41, 5.74) is 0.966. The zero-order chi connectivity index (χ0) is 17.6. The molecule has 1 fully saturated rings. The lowest BCUT2D eigenvalue weighted by Gasteiger charge is -2.12. The monoisotopic (exact) mass is 420 g/mol. The summed E-state index contributed by atoms with van der Waals surface area (Å²) >= 11 is 4.96. The van der Waals surface area contributed by atoms with Crippen molar-refractivity contribution in [3.05, 3.63) is 52.6 Å². The Morgan fingerprint density at radius 1 is 1.32 bits per heavy atom. The van der Waals surface area contributed by atoms with Gasteiger partial charge in [-0.1, -0.05) is 22.0 Å². The van der Waals surface area contributed by atoms with E-state index in [9.17, 15) is 4.79 Å². The normalized spacial score (nSPS) is 14.8. The van der Waals surface area contributed by atoms with Crippen molar-refractivity contribution in [2.24, 2.45) is 5.92 Å². The van der Waals surface area contributed by atoms with E-state index in [1.807, 2.05) is 43.3 Å². The molecule has 0 saturated heterocycles. The Morgan fingerprint density at radius 3 is 2.72 bits per heavy atom. The number of hydrogen-bond acceptors (Lipinski definition) is 4. The SMILES string of the molecule is CC(Sc1ccc(Br)cc1)C(=O)NCc1ccc(OCC2CC2)nc1. The molecule has 0 radical (unpaired) electrons. The molecule has 0 spiro atoms. The van der Waals surface area contributed by atoms with Crippen LogP contribution in [0.3, 0.4) is 0 Å².